The van der Waals surface area contributed by atoms with Crippen LogP contribution in [0.2, 0.25) is 0 Å². The van der Waals surface area contributed by atoms with Crippen LogP contribution in [0.25, 0.3) is 17.0 Å². The van der Waals surface area contributed by atoms with Crippen molar-refractivity contribution in [3.63, 3.8) is 0 Å². The fourth-order valence-electron chi connectivity index (χ4n) is 2.09. The molecule has 4 nitrogen and oxygen atoms in total. The van der Waals surface area contributed by atoms with Gasteiger partial charge in [0.2, 0.25) is 0 Å². The van der Waals surface area contributed by atoms with E-state index in [1.807, 2.05) is 18.4 Å². The minimum Gasteiger partial charge on any atom is -0.293 e. The first-order chi connectivity index (χ1) is 9.24. The fourth-order valence-corrected chi connectivity index (χ4v) is 2.09. The Morgan fingerprint density at radius 3 is 2.84 bits per heavy atom. The molecule has 96 valence electrons. The molecule has 5 heteroatoms. The zero-order valence-electron chi connectivity index (χ0n) is 10.5. The number of halogens is 1. The summed E-state index contributed by atoms with van der Waals surface area (Å²) >= 11 is 0. The van der Waals surface area contributed by atoms with Gasteiger partial charge in [0.15, 0.2) is 5.82 Å². The molecule has 19 heavy (non-hydrogen) atoms. The number of aromatic nitrogens is 3. The van der Waals surface area contributed by atoms with Crippen molar-refractivity contribution >= 4 is 11.8 Å². The van der Waals surface area contributed by atoms with E-state index in [4.69, 9.17) is 0 Å². The van der Waals surface area contributed by atoms with Gasteiger partial charge in [0, 0.05) is 30.8 Å². The van der Waals surface area contributed by atoms with Crippen LogP contribution in [0.1, 0.15) is 12.0 Å². The Morgan fingerprint density at radius 1 is 1.32 bits per heavy atom. The summed E-state index contributed by atoms with van der Waals surface area (Å²) in [5, 5.41) is 4.17. The molecule has 0 amide bonds. The van der Waals surface area contributed by atoms with Crippen molar-refractivity contribution in [1.29, 1.82) is 0 Å². The van der Waals surface area contributed by atoms with Crippen LogP contribution in [0.5, 0.6) is 0 Å². The van der Waals surface area contributed by atoms with Gasteiger partial charge in [0.1, 0.15) is 12.1 Å². The van der Waals surface area contributed by atoms with E-state index in [0.717, 1.165) is 5.57 Å². The van der Waals surface area contributed by atoms with Crippen molar-refractivity contribution in [2.75, 3.05) is 6.54 Å². The van der Waals surface area contributed by atoms with Crippen LogP contribution in [-0.4, -0.2) is 27.5 Å². The van der Waals surface area contributed by atoms with E-state index >= 15 is 0 Å². The molecular weight excluding hydrogens is 243 g/mol. The molecular formula is C14H13FN4. The lowest BCUT2D eigenvalue weighted by atomic mass is 9.99. The molecule has 0 spiro atoms. The molecule has 0 fully saturated rings. The van der Waals surface area contributed by atoms with Crippen molar-refractivity contribution < 1.29 is 4.39 Å². The van der Waals surface area contributed by atoms with Crippen LogP contribution >= 0.6 is 0 Å². The number of nitrogens with zero attached hydrogens (tertiary/aromatic N) is 4. The molecule has 0 unspecified atom stereocenters. The summed E-state index contributed by atoms with van der Waals surface area (Å²) < 4.78 is 15.8. The van der Waals surface area contributed by atoms with Crippen molar-refractivity contribution in [2.45, 2.75) is 6.42 Å². The van der Waals surface area contributed by atoms with Crippen LogP contribution in [-0.2, 0) is 7.05 Å². The maximum Gasteiger partial charge on any atom is 0.181 e. The molecule has 2 heterocycles. The molecule has 0 saturated carbocycles. The molecule has 1 aliphatic heterocycles. The molecule has 0 bridgehead atoms. The first-order valence-electron chi connectivity index (χ1n) is 6.07. The number of dihydropyridines is 1. The van der Waals surface area contributed by atoms with E-state index in [-0.39, 0.29) is 5.82 Å². The predicted molar refractivity (Wildman–Crippen MR) is 72.4 cm³/mol. The van der Waals surface area contributed by atoms with E-state index in [1.54, 1.807) is 24.1 Å². The van der Waals surface area contributed by atoms with Crippen molar-refractivity contribution in [1.82, 2.24) is 14.8 Å². The van der Waals surface area contributed by atoms with Gasteiger partial charge in [-0.05, 0) is 11.6 Å². The van der Waals surface area contributed by atoms with Gasteiger partial charge in [-0.2, -0.15) is 5.10 Å². The summed E-state index contributed by atoms with van der Waals surface area (Å²) in [6.07, 6.45) is 6.06. The lowest BCUT2D eigenvalue weighted by molar-refractivity contribution is 0.624. The average Bonchev–Trinajstić information content (AvgIpc) is 2.86. The molecule has 2 aromatic rings. The summed E-state index contributed by atoms with van der Waals surface area (Å²) in [6.45, 7) is 0.623. The highest BCUT2D eigenvalue weighted by atomic mass is 19.1. The zero-order chi connectivity index (χ0) is 13.2. The second-order valence-electron chi connectivity index (χ2n) is 4.42. The van der Waals surface area contributed by atoms with Gasteiger partial charge >= 0.3 is 0 Å². The summed E-state index contributed by atoms with van der Waals surface area (Å²) in [6, 6.07) is 5.11. The molecule has 0 saturated heterocycles. The van der Waals surface area contributed by atoms with Crippen LogP contribution in [0.4, 0.5) is 4.39 Å². The van der Waals surface area contributed by atoms with Crippen molar-refractivity contribution in [2.24, 2.45) is 12.0 Å². The van der Waals surface area contributed by atoms with Gasteiger partial charge in [0.25, 0.3) is 0 Å². The molecule has 0 aliphatic carbocycles. The van der Waals surface area contributed by atoms with Gasteiger partial charge in [-0.25, -0.2) is 9.37 Å². The third kappa shape index (κ3) is 2.31. The fraction of sp³-hybridized carbons (Fsp3) is 0.214. The topological polar surface area (TPSA) is 43.1 Å². The summed E-state index contributed by atoms with van der Waals surface area (Å²) in [7, 11) is 1.79. The average molecular weight is 256 g/mol. The summed E-state index contributed by atoms with van der Waals surface area (Å²) in [5.41, 5.74) is 2.30. The van der Waals surface area contributed by atoms with E-state index in [0.29, 0.717) is 29.9 Å². The normalized spacial score (nSPS) is 14.5. The summed E-state index contributed by atoms with van der Waals surface area (Å²) in [5.74, 6) is 0.290. The number of aliphatic imine (C=N–C) groups is 1. The molecule has 1 aromatic carbocycles. The Hall–Kier alpha value is -2.30. The maximum atomic E-state index is 14.2. The van der Waals surface area contributed by atoms with Gasteiger partial charge in [0.05, 0.1) is 6.54 Å². The first-order valence-corrected chi connectivity index (χ1v) is 6.07. The summed E-state index contributed by atoms with van der Waals surface area (Å²) in [4.78, 5) is 8.22. The molecule has 0 radical (unpaired) electrons. The Balaban J connectivity index is 1.96. The smallest absolute Gasteiger partial charge is 0.181 e. The van der Waals surface area contributed by atoms with E-state index in [2.05, 4.69) is 15.1 Å². The third-order valence-corrected chi connectivity index (χ3v) is 3.06. The second kappa shape index (κ2) is 4.76. The van der Waals surface area contributed by atoms with Gasteiger partial charge < -0.3 is 0 Å². The highest BCUT2D eigenvalue weighted by Crippen LogP contribution is 2.26. The highest BCUT2D eigenvalue weighted by molar-refractivity contribution is 5.82. The molecule has 0 atom stereocenters. The number of benzene rings is 1. The van der Waals surface area contributed by atoms with Gasteiger partial charge in [-0.15, -0.1) is 0 Å². The maximum absolute atomic E-state index is 14.2. The molecule has 0 N–H and O–H groups in total. The molecule has 1 aromatic heterocycles. The minimum absolute atomic E-state index is 0.244. The largest absolute Gasteiger partial charge is 0.293 e. The Kier molecular flexibility index (Phi) is 2.95. The van der Waals surface area contributed by atoms with Crippen LogP contribution in [0.15, 0.2) is 35.6 Å². The number of aryl methyl sites for hydroxylation is 1. The van der Waals surface area contributed by atoms with Crippen LogP contribution < -0.4 is 0 Å². The third-order valence-electron chi connectivity index (χ3n) is 3.06. The zero-order valence-corrected chi connectivity index (χ0v) is 10.5. The van der Waals surface area contributed by atoms with Crippen LogP contribution in [0.3, 0.4) is 0 Å². The van der Waals surface area contributed by atoms with Crippen LogP contribution in [0, 0.1) is 5.82 Å². The monoisotopic (exact) mass is 256 g/mol. The van der Waals surface area contributed by atoms with Gasteiger partial charge in [-0.1, -0.05) is 18.2 Å². The number of hydrogen-bond acceptors (Lipinski definition) is 3. The van der Waals surface area contributed by atoms with Gasteiger partial charge in [-0.3, -0.25) is 9.67 Å². The number of hydrogen-bond donors (Lipinski definition) is 0. The Morgan fingerprint density at radius 2 is 2.21 bits per heavy atom. The SMILES string of the molecule is Cn1cnc(-c2ccc(C3=CCN=CC3)c(F)c2)n1. The van der Waals surface area contributed by atoms with E-state index in [1.165, 1.54) is 6.07 Å². The second-order valence-corrected chi connectivity index (χ2v) is 4.42. The predicted octanol–water partition coefficient (Wildman–Crippen LogP) is 2.48. The lowest BCUT2D eigenvalue weighted by Crippen LogP contribution is -1.97. The standard InChI is InChI=1S/C14H13FN4/c1-19-9-17-14(18-19)11-2-3-12(13(15)8-11)10-4-6-16-7-5-10/h2-4,7-9H,5-6H2,1H3. The number of allylic oxidation sites excluding steroid dienone is 1. The van der Waals surface area contributed by atoms with E-state index in [9.17, 15) is 4.39 Å². The van der Waals surface area contributed by atoms with E-state index < -0.39 is 0 Å². The molecule has 3 rings (SSSR count). The Bertz CT molecular complexity index is 670. The Labute approximate surface area is 110 Å². The lowest BCUT2D eigenvalue weighted by Gasteiger charge is -2.10. The highest BCUT2D eigenvalue weighted by Gasteiger charge is 2.11. The van der Waals surface area contributed by atoms with Crippen molar-refractivity contribution in [3.8, 4) is 11.4 Å². The van der Waals surface area contributed by atoms with Crippen molar-refractivity contribution in [3.05, 3.63) is 42.0 Å². The first kappa shape index (κ1) is 11.8. The number of rotatable bonds is 2. The molecule has 1 aliphatic rings. The quantitative estimate of drug-likeness (QED) is 0.828. The minimum atomic E-state index is -0.244.